The molecule has 17 heavy (non-hydrogen) atoms. The van der Waals surface area contributed by atoms with Gasteiger partial charge >= 0.3 is 0 Å². The predicted molar refractivity (Wildman–Crippen MR) is 65.5 cm³/mol. The fourth-order valence-corrected chi connectivity index (χ4v) is 1.35. The summed E-state index contributed by atoms with van der Waals surface area (Å²) >= 11 is 0. The van der Waals surface area contributed by atoms with Gasteiger partial charge in [-0.3, -0.25) is 4.79 Å². The van der Waals surface area contributed by atoms with Crippen LogP contribution in [-0.2, 0) is 0 Å². The van der Waals surface area contributed by atoms with Crippen LogP contribution < -0.4 is 20.5 Å². The zero-order chi connectivity index (χ0) is 12.8. The molecule has 0 aromatic heterocycles. The fraction of sp³-hybridized carbons (Fsp3) is 0.417. The second-order valence-electron chi connectivity index (χ2n) is 3.68. The van der Waals surface area contributed by atoms with Gasteiger partial charge in [-0.05, 0) is 25.1 Å². The Morgan fingerprint density at radius 3 is 2.65 bits per heavy atom. The second-order valence-corrected chi connectivity index (χ2v) is 3.68. The molecule has 0 bridgehead atoms. The SMILES string of the molecule is COc1ccc(OC)c(C(=O)N[C@@H](C)CN)c1. The Balaban J connectivity index is 2.97. The van der Waals surface area contributed by atoms with Crippen LogP contribution in [-0.4, -0.2) is 32.7 Å². The first-order valence-corrected chi connectivity index (χ1v) is 5.35. The molecule has 1 aromatic rings. The van der Waals surface area contributed by atoms with Crippen LogP contribution in [0.4, 0.5) is 0 Å². The van der Waals surface area contributed by atoms with Crippen LogP contribution in [0.25, 0.3) is 0 Å². The van der Waals surface area contributed by atoms with E-state index in [1.54, 1.807) is 25.3 Å². The molecule has 0 saturated carbocycles. The maximum Gasteiger partial charge on any atom is 0.255 e. The average molecular weight is 238 g/mol. The van der Waals surface area contributed by atoms with Crippen molar-refractivity contribution in [1.29, 1.82) is 0 Å². The summed E-state index contributed by atoms with van der Waals surface area (Å²) in [5, 5.41) is 2.77. The minimum Gasteiger partial charge on any atom is -0.497 e. The molecule has 0 aliphatic carbocycles. The molecule has 0 aliphatic rings. The molecule has 0 spiro atoms. The van der Waals surface area contributed by atoms with E-state index in [4.69, 9.17) is 15.2 Å². The van der Waals surface area contributed by atoms with Crippen molar-refractivity contribution in [3.63, 3.8) is 0 Å². The van der Waals surface area contributed by atoms with E-state index in [2.05, 4.69) is 5.32 Å². The standard InChI is InChI=1S/C12H18N2O3/c1-8(7-13)14-12(15)10-6-9(16-2)4-5-11(10)17-3/h4-6,8H,7,13H2,1-3H3,(H,14,15)/t8-/m0/s1. The normalized spacial score (nSPS) is 11.8. The van der Waals surface area contributed by atoms with E-state index < -0.39 is 0 Å². The van der Waals surface area contributed by atoms with Gasteiger partial charge < -0.3 is 20.5 Å². The van der Waals surface area contributed by atoms with Gasteiger partial charge in [0.25, 0.3) is 5.91 Å². The van der Waals surface area contributed by atoms with E-state index >= 15 is 0 Å². The van der Waals surface area contributed by atoms with Crippen LogP contribution in [0.15, 0.2) is 18.2 Å². The lowest BCUT2D eigenvalue weighted by molar-refractivity contribution is 0.0938. The monoisotopic (exact) mass is 238 g/mol. The van der Waals surface area contributed by atoms with Gasteiger partial charge in [-0.2, -0.15) is 0 Å². The molecule has 1 atom stereocenters. The van der Waals surface area contributed by atoms with Gasteiger partial charge in [-0.15, -0.1) is 0 Å². The minimum atomic E-state index is -0.223. The summed E-state index contributed by atoms with van der Waals surface area (Å²) in [6.07, 6.45) is 0. The first-order chi connectivity index (χ1) is 8.12. The van der Waals surface area contributed by atoms with Crippen molar-refractivity contribution in [2.75, 3.05) is 20.8 Å². The lowest BCUT2D eigenvalue weighted by atomic mass is 10.1. The van der Waals surface area contributed by atoms with Gasteiger partial charge in [0.1, 0.15) is 11.5 Å². The highest BCUT2D eigenvalue weighted by molar-refractivity contribution is 5.97. The summed E-state index contributed by atoms with van der Waals surface area (Å²) in [4.78, 5) is 12.0. The summed E-state index contributed by atoms with van der Waals surface area (Å²) in [5.41, 5.74) is 5.89. The van der Waals surface area contributed by atoms with E-state index in [-0.39, 0.29) is 11.9 Å². The van der Waals surface area contributed by atoms with E-state index in [0.29, 0.717) is 23.6 Å². The van der Waals surface area contributed by atoms with E-state index in [9.17, 15) is 4.79 Å². The zero-order valence-corrected chi connectivity index (χ0v) is 10.3. The van der Waals surface area contributed by atoms with E-state index in [1.807, 2.05) is 6.92 Å². The average Bonchev–Trinajstić information content (AvgIpc) is 2.37. The lowest BCUT2D eigenvalue weighted by Crippen LogP contribution is -2.37. The highest BCUT2D eigenvalue weighted by Gasteiger charge is 2.14. The van der Waals surface area contributed by atoms with Gasteiger partial charge in [0.15, 0.2) is 0 Å². The summed E-state index contributed by atoms with van der Waals surface area (Å²) < 4.78 is 10.2. The van der Waals surface area contributed by atoms with Crippen LogP contribution >= 0.6 is 0 Å². The molecule has 5 nitrogen and oxygen atoms in total. The first kappa shape index (κ1) is 13.3. The maximum atomic E-state index is 12.0. The third-order valence-electron chi connectivity index (χ3n) is 2.38. The number of ether oxygens (including phenoxy) is 2. The molecular formula is C12H18N2O3. The van der Waals surface area contributed by atoms with Crippen molar-refractivity contribution in [2.24, 2.45) is 5.73 Å². The molecule has 0 saturated heterocycles. The molecular weight excluding hydrogens is 220 g/mol. The van der Waals surface area contributed by atoms with Crippen molar-refractivity contribution < 1.29 is 14.3 Å². The Bertz CT molecular complexity index is 393. The third kappa shape index (κ3) is 3.35. The van der Waals surface area contributed by atoms with Crippen LogP contribution in [0.1, 0.15) is 17.3 Å². The molecule has 0 aliphatic heterocycles. The number of hydrogen-bond donors (Lipinski definition) is 2. The van der Waals surface area contributed by atoms with Gasteiger partial charge in [0, 0.05) is 12.6 Å². The first-order valence-electron chi connectivity index (χ1n) is 5.35. The fourth-order valence-electron chi connectivity index (χ4n) is 1.35. The maximum absolute atomic E-state index is 12.0. The third-order valence-corrected chi connectivity index (χ3v) is 2.38. The van der Waals surface area contributed by atoms with Crippen LogP contribution in [0.3, 0.4) is 0 Å². The van der Waals surface area contributed by atoms with Crippen molar-refractivity contribution >= 4 is 5.91 Å². The van der Waals surface area contributed by atoms with Gasteiger partial charge in [-0.25, -0.2) is 0 Å². The Hall–Kier alpha value is -1.75. The zero-order valence-electron chi connectivity index (χ0n) is 10.3. The quantitative estimate of drug-likeness (QED) is 0.795. The molecule has 0 fully saturated rings. The Morgan fingerprint density at radius 2 is 2.12 bits per heavy atom. The minimum absolute atomic E-state index is 0.0848. The molecule has 0 unspecified atom stereocenters. The smallest absolute Gasteiger partial charge is 0.255 e. The number of rotatable bonds is 5. The van der Waals surface area contributed by atoms with Crippen LogP contribution in [0, 0.1) is 0 Å². The van der Waals surface area contributed by atoms with Crippen molar-refractivity contribution in [1.82, 2.24) is 5.32 Å². The number of carbonyl (C=O) groups excluding carboxylic acids is 1. The number of amides is 1. The Morgan fingerprint density at radius 1 is 1.41 bits per heavy atom. The van der Waals surface area contributed by atoms with Gasteiger partial charge in [0.05, 0.1) is 19.8 Å². The number of nitrogens with two attached hydrogens (primary N) is 1. The second kappa shape index (κ2) is 6.10. The summed E-state index contributed by atoms with van der Waals surface area (Å²) in [6.45, 7) is 2.22. The number of benzene rings is 1. The lowest BCUT2D eigenvalue weighted by Gasteiger charge is -2.14. The largest absolute Gasteiger partial charge is 0.497 e. The van der Waals surface area contributed by atoms with Crippen molar-refractivity contribution in [2.45, 2.75) is 13.0 Å². The number of hydrogen-bond acceptors (Lipinski definition) is 4. The molecule has 5 heteroatoms. The number of methoxy groups -OCH3 is 2. The van der Waals surface area contributed by atoms with Crippen molar-refractivity contribution in [3.05, 3.63) is 23.8 Å². The molecule has 0 heterocycles. The molecule has 0 radical (unpaired) electrons. The summed E-state index contributed by atoms with van der Waals surface area (Å²) in [6, 6.07) is 4.98. The number of nitrogens with one attached hydrogen (secondary N) is 1. The summed E-state index contributed by atoms with van der Waals surface area (Å²) in [7, 11) is 3.07. The molecule has 1 amide bonds. The van der Waals surface area contributed by atoms with Crippen LogP contribution in [0.5, 0.6) is 11.5 Å². The Labute approximate surface area is 101 Å². The van der Waals surface area contributed by atoms with Gasteiger partial charge in [-0.1, -0.05) is 0 Å². The Kier molecular flexibility index (Phi) is 4.78. The topological polar surface area (TPSA) is 73.6 Å². The molecule has 94 valence electrons. The van der Waals surface area contributed by atoms with Crippen LogP contribution in [0.2, 0.25) is 0 Å². The summed E-state index contributed by atoms with van der Waals surface area (Å²) in [5.74, 6) is 0.891. The van der Waals surface area contributed by atoms with E-state index in [0.717, 1.165) is 0 Å². The number of carbonyl (C=O) groups is 1. The molecule has 3 N–H and O–H groups in total. The highest BCUT2D eigenvalue weighted by Crippen LogP contribution is 2.23. The van der Waals surface area contributed by atoms with E-state index in [1.165, 1.54) is 7.11 Å². The molecule has 1 aromatic carbocycles. The molecule has 1 rings (SSSR count). The van der Waals surface area contributed by atoms with Gasteiger partial charge in [0.2, 0.25) is 0 Å². The van der Waals surface area contributed by atoms with Crippen molar-refractivity contribution in [3.8, 4) is 11.5 Å². The predicted octanol–water partition coefficient (Wildman–Crippen LogP) is 0.781. The highest BCUT2D eigenvalue weighted by atomic mass is 16.5.